The number of hydrogen-bond donors (Lipinski definition) is 2. The Kier molecular flexibility index (Phi) is 5.22. The molecule has 1 atom stereocenters. The van der Waals surface area contributed by atoms with Crippen molar-refractivity contribution in [3.8, 4) is 0 Å². The molecule has 2 rings (SSSR count). The number of likely N-dealkylation sites (tertiary alicyclic amines) is 1. The summed E-state index contributed by atoms with van der Waals surface area (Å²) in [5.41, 5.74) is 1.24. The van der Waals surface area contributed by atoms with Crippen molar-refractivity contribution >= 4 is 23.3 Å². The van der Waals surface area contributed by atoms with Crippen molar-refractivity contribution in [2.75, 3.05) is 6.54 Å². The Morgan fingerprint density at radius 2 is 2.19 bits per heavy atom. The van der Waals surface area contributed by atoms with Crippen LogP contribution in [-0.4, -0.2) is 34.6 Å². The van der Waals surface area contributed by atoms with E-state index in [2.05, 4.69) is 25.2 Å². The van der Waals surface area contributed by atoms with Gasteiger partial charge in [-0.2, -0.15) is 0 Å². The normalized spacial score (nSPS) is 18.6. The number of nitrogens with one attached hydrogen (secondary N) is 1. The van der Waals surface area contributed by atoms with Crippen LogP contribution in [0, 0.1) is 13.8 Å². The van der Waals surface area contributed by atoms with Gasteiger partial charge in [0.15, 0.2) is 0 Å². The van der Waals surface area contributed by atoms with Gasteiger partial charge in [-0.15, -0.1) is 11.3 Å². The third-order valence-electron chi connectivity index (χ3n) is 3.93. The molecule has 5 nitrogen and oxygen atoms in total. The highest BCUT2D eigenvalue weighted by molar-refractivity contribution is 7.12. The third kappa shape index (κ3) is 4.20. The summed E-state index contributed by atoms with van der Waals surface area (Å²) in [5, 5.41) is 11.9. The molecule has 1 unspecified atom stereocenters. The lowest BCUT2D eigenvalue weighted by Gasteiger charge is -2.34. The van der Waals surface area contributed by atoms with Gasteiger partial charge in [0.1, 0.15) is 0 Å². The first-order valence-corrected chi connectivity index (χ1v) is 8.11. The highest BCUT2D eigenvalue weighted by Crippen LogP contribution is 2.22. The molecule has 0 aliphatic carbocycles. The van der Waals surface area contributed by atoms with Gasteiger partial charge in [0, 0.05) is 22.3 Å². The van der Waals surface area contributed by atoms with E-state index in [-0.39, 0.29) is 18.5 Å². The molecule has 1 aromatic heterocycles. The summed E-state index contributed by atoms with van der Waals surface area (Å²) in [4.78, 5) is 27.3. The smallest absolute Gasteiger partial charge is 0.317 e. The van der Waals surface area contributed by atoms with E-state index in [0.717, 1.165) is 24.1 Å². The SMILES string of the molecule is Cc1cc(CNC(=O)N2CCCCC2CC(=O)O)sc1C. The van der Waals surface area contributed by atoms with Gasteiger partial charge < -0.3 is 15.3 Å². The van der Waals surface area contributed by atoms with Crippen LogP contribution in [0.25, 0.3) is 0 Å². The second-order valence-electron chi connectivity index (χ2n) is 5.55. The minimum Gasteiger partial charge on any atom is -0.481 e. The first kappa shape index (κ1) is 15.8. The highest BCUT2D eigenvalue weighted by Gasteiger charge is 2.28. The van der Waals surface area contributed by atoms with Gasteiger partial charge >= 0.3 is 12.0 Å². The number of rotatable bonds is 4. The molecule has 0 spiro atoms. The molecule has 2 heterocycles. The number of hydrogen-bond acceptors (Lipinski definition) is 3. The van der Waals surface area contributed by atoms with E-state index in [0.29, 0.717) is 13.1 Å². The maximum absolute atomic E-state index is 12.3. The minimum atomic E-state index is -0.843. The summed E-state index contributed by atoms with van der Waals surface area (Å²) in [6.07, 6.45) is 2.74. The number of aryl methyl sites for hydroxylation is 2. The number of carboxylic acids is 1. The van der Waals surface area contributed by atoms with Gasteiger partial charge in [0.25, 0.3) is 0 Å². The van der Waals surface area contributed by atoms with Crippen molar-refractivity contribution in [3.05, 3.63) is 21.4 Å². The summed E-state index contributed by atoms with van der Waals surface area (Å²) >= 11 is 1.69. The lowest BCUT2D eigenvalue weighted by Crippen LogP contribution is -2.49. The Morgan fingerprint density at radius 1 is 1.43 bits per heavy atom. The Labute approximate surface area is 129 Å². The lowest BCUT2D eigenvalue weighted by atomic mass is 10.00. The number of urea groups is 1. The van der Waals surface area contributed by atoms with E-state index in [1.54, 1.807) is 16.2 Å². The Hall–Kier alpha value is -1.56. The van der Waals surface area contributed by atoms with Crippen molar-refractivity contribution in [2.45, 2.75) is 52.1 Å². The van der Waals surface area contributed by atoms with E-state index in [4.69, 9.17) is 5.11 Å². The predicted molar refractivity (Wildman–Crippen MR) is 82.6 cm³/mol. The molecule has 0 saturated carbocycles. The molecule has 6 heteroatoms. The molecule has 2 N–H and O–H groups in total. The van der Waals surface area contributed by atoms with Crippen LogP contribution in [-0.2, 0) is 11.3 Å². The molecule has 1 aliphatic heterocycles. The molecule has 2 amide bonds. The number of amides is 2. The standard InChI is InChI=1S/C15H22N2O3S/c1-10-7-13(21-11(10)2)9-16-15(20)17-6-4-3-5-12(17)8-14(18)19/h7,12H,3-6,8-9H2,1-2H3,(H,16,20)(H,18,19). The van der Waals surface area contributed by atoms with Crippen LogP contribution in [0.3, 0.4) is 0 Å². The zero-order valence-electron chi connectivity index (χ0n) is 12.5. The van der Waals surface area contributed by atoms with E-state index in [9.17, 15) is 9.59 Å². The monoisotopic (exact) mass is 310 g/mol. The van der Waals surface area contributed by atoms with Gasteiger partial charge in [0.2, 0.25) is 0 Å². The molecule has 1 aliphatic rings. The fraction of sp³-hybridized carbons (Fsp3) is 0.600. The van der Waals surface area contributed by atoms with Crippen molar-refractivity contribution in [3.63, 3.8) is 0 Å². The Morgan fingerprint density at radius 3 is 2.81 bits per heavy atom. The first-order valence-electron chi connectivity index (χ1n) is 7.29. The van der Waals surface area contributed by atoms with Gasteiger partial charge in [-0.05, 0) is 44.7 Å². The third-order valence-corrected chi connectivity index (χ3v) is 5.08. The second kappa shape index (κ2) is 6.93. The second-order valence-corrected chi connectivity index (χ2v) is 6.89. The van der Waals surface area contributed by atoms with Crippen LogP contribution >= 0.6 is 11.3 Å². The van der Waals surface area contributed by atoms with Gasteiger partial charge in [-0.3, -0.25) is 4.79 Å². The van der Waals surface area contributed by atoms with Crippen molar-refractivity contribution in [1.82, 2.24) is 10.2 Å². The number of aliphatic carboxylic acids is 1. The Bertz CT molecular complexity index is 507. The van der Waals surface area contributed by atoms with E-state index < -0.39 is 5.97 Å². The summed E-state index contributed by atoms with van der Waals surface area (Å²) in [7, 11) is 0. The molecule has 116 valence electrons. The highest BCUT2D eigenvalue weighted by atomic mass is 32.1. The molecule has 0 radical (unpaired) electrons. The van der Waals surface area contributed by atoms with E-state index >= 15 is 0 Å². The van der Waals surface area contributed by atoms with Crippen LogP contribution in [0.5, 0.6) is 0 Å². The molecular formula is C15H22N2O3S. The topological polar surface area (TPSA) is 69.6 Å². The fourth-order valence-corrected chi connectivity index (χ4v) is 3.68. The molecule has 0 bridgehead atoms. The summed E-state index contributed by atoms with van der Waals surface area (Å²) in [5.74, 6) is -0.843. The zero-order valence-corrected chi connectivity index (χ0v) is 13.3. The number of nitrogens with zero attached hydrogens (tertiary/aromatic N) is 1. The maximum Gasteiger partial charge on any atom is 0.317 e. The summed E-state index contributed by atoms with van der Waals surface area (Å²) < 4.78 is 0. The maximum atomic E-state index is 12.3. The number of carbonyl (C=O) groups excluding carboxylic acids is 1. The first-order chi connectivity index (χ1) is 9.97. The largest absolute Gasteiger partial charge is 0.481 e. The van der Waals surface area contributed by atoms with Crippen LogP contribution in [0.15, 0.2) is 6.07 Å². The molecule has 1 fully saturated rings. The van der Waals surface area contributed by atoms with Crippen molar-refractivity contribution in [2.24, 2.45) is 0 Å². The quantitative estimate of drug-likeness (QED) is 0.898. The molecule has 0 aromatic carbocycles. The fourth-order valence-electron chi connectivity index (χ4n) is 2.68. The number of thiophene rings is 1. The molecule has 1 aromatic rings. The van der Waals surface area contributed by atoms with Crippen LogP contribution < -0.4 is 5.32 Å². The average molecular weight is 310 g/mol. The number of piperidine rings is 1. The van der Waals surface area contributed by atoms with Crippen LogP contribution in [0.4, 0.5) is 4.79 Å². The number of carbonyl (C=O) groups is 2. The predicted octanol–water partition coefficient (Wildman–Crippen LogP) is 2.90. The van der Waals surface area contributed by atoms with E-state index in [1.165, 1.54) is 10.4 Å². The van der Waals surface area contributed by atoms with Crippen molar-refractivity contribution < 1.29 is 14.7 Å². The Balaban J connectivity index is 1.92. The van der Waals surface area contributed by atoms with Crippen LogP contribution in [0.2, 0.25) is 0 Å². The van der Waals surface area contributed by atoms with Crippen molar-refractivity contribution in [1.29, 1.82) is 0 Å². The minimum absolute atomic E-state index is 0.0324. The summed E-state index contributed by atoms with van der Waals surface area (Å²) in [6.45, 7) is 5.28. The van der Waals surface area contributed by atoms with Gasteiger partial charge in [0.05, 0.1) is 13.0 Å². The molecular weight excluding hydrogens is 288 g/mol. The summed E-state index contributed by atoms with van der Waals surface area (Å²) in [6, 6.07) is 1.76. The average Bonchev–Trinajstić information content (AvgIpc) is 2.75. The lowest BCUT2D eigenvalue weighted by molar-refractivity contribution is -0.138. The van der Waals surface area contributed by atoms with Gasteiger partial charge in [-0.25, -0.2) is 4.79 Å². The molecule has 1 saturated heterocycles. The van der Waals surface area contributed by atoms with Crippen LogP contribution in [0.1, 0.15) is 41.0 Å². The number of carboxylic acid groups (broad SMARTS) is 1. The zero-order chi connectivity index (χ0) is 15.4. The molecule has 21 heavy (non-hydrogen) atoms. The van der Waals surface area contributed by atoms with E-state index in [1.807, 2.05) is 0 Å². The van der Waals surface area contributed by atoms with Gasteiger partial charge in [-0.1, -0.05) is 0 Å².